The zero-order valence-corrected chi connectivity index (χ0v) is 16.4. The van der Waals surface area contributed by atoms with Crippen molar-refractivity contribution in [2.24, 2.45) is 5.92 Å². The van der Waals surface area contributed by atoms with Crippen LogP contribution in [0.4, 0.5) is 5.69 Å². The van der Waals surface area contributed by atoms with Crippen LogP contribution in [-0.2, 0) is 17.6 Å². The van der Waals surface area contributed by atoms with Crippen molar-refractivity contribution in [2.45, 2.75) is 51.9 Å². The molecule has 0 saturated heterocycles. The van der Waals surface area contributed by atoms with E-state index in [1.807, 2.05) is 17.0 Å². The van der Waals surface area contributed by atoms with Crippen LogP contribution in [0.15, 0.2) is 42.5 Å². The molecular formula is C24H29NO2. The van der Waals surface area contributed by atoms with Crippen LogP contribution in [0.1, 0.15) is 55.7 Å². The predicted molar refractivity (Wildman–Crippen MR) is 110 cm³/mol. The molecule has 0 aromatic heterocycles. The van der Waals surface area contributed by atoms with Gasteiger partial charge in [-0.15, -0.1) is 0 Å². The van der Waals surface area contributed by atoms with E-state index < -0.39 is 0 Å². The number of anilines is 1. The zero-order valence-electron chi connectivity index (χ0n) is 16.4. The highest BCUT2D eigenvalue weighted by Crippen LogP contribution is 2.34. The topological polar surface area (TPSA) is 29.5 Å². The lowest BCUT2D eigenvalue weighted by Crippen LogP contribution is -2.29. The quantitative estimate of drug-likeness (QED) is 0.683. The maximum atomic E-state index is 12.4. The minimum absolute atomic E-state index is 0.245. The third kappa shape index (κ3) is 3.73. The van der Waals surface area contributed by atoms with Crippen molar-refractivity contribution >= 4 is 11.6 Å². The normalized spacial score (nSPS) is 17.4. The van der Waals surface area contributed by atoms with Gasteiger partial charge in [-0.1, -0.05) is 44.2 Å². The molecule has 2 atom stereocenters. The van der Waals surface area contributed by atoms with Gasteiger partial charge in [0, 0.05) is 18.7 Å². The minimum Gasteiger partial charge on any atom is -0.493 e. The average molecular weight is 364 g/mol. The third-order valence-corrected chi connectivity index (χ3v) is 6.14. The van der Waals surface area contributed by atoms with Gasteiger partial charge in [0.1, 0.15) is 5.75 Å². The number of hydrogen-bond donors (Lipinski definition) is 0. The van der Waals surface area contributed by atoms with E-state index in [9.17, 15) is 4.79 Å². The van der Waals surface area contributed by atoms with E-state index in [0.717, 1.165) is 43.9 Å². The molecule has 0 aliphatic carbocycles. The molecule has 3 nitrogen and oxygen atoms in total. The third-order valence-electron chi connectivity index (χ3n) is 6.14. The van der Waals surface area contributed by atoms with Gasteiger partial charge in [0.15, 0.2) is 0 Å². The van der Waals surface area contributed by atoms with Crippen LogP contribution < -0.4 is 9.64 Å². The average Bonchev–Trinajstić information content (AvgIpc) is 3.27. The van der Waals surface area contributed by atoms with Gasteiger partial charge >= 0.3 is 0 Å². The highest BCUT2D eigenvalue weighted by atomic mass is 16.5. The van der Waals surface area contributed by atoms with Crippen LogP contribution in [0.2, 0.25) is 0 Å². The van der Waals surface area contributed by atoms with Crippen LogP contribution in [0.5, 0.6) is 5.75 Å². The van der Waals surface area contributed by atoms with Crippen molar-refractivity contribution in [3.8, 4) is 5.75 Å². The Labute approximate surface area is 162 Å². The summed E-state index contributed by atoms with van der Waals surface area (Å²) >= 11 is 0. The first kappa shape index (κ1) is 18.1. The first-order valence-corrected chi connectivity index (χ1v) is 10.3. The maximum Gasteiger partial charge on any atom is 0.231 e. The molecule has 0 spiro atoms. The molecule has 0 radical (unpaired) electrons. The summed E-state index contributed by atoms with van der Waals surface area (Å²) in [5.74, 6) is 2.47. The molecule has 2 aromatic rings. The molecular weight excluding hydrogens is 334 g/mol. The number of amides is 1. The number of nitrogens with zero attached hydrogens (tertiary/aromatic N) is 1. The molecule has 3 heteroatoms. The Kier molecular flexibility index (Phi) is 5.20. The molecule has 27 heavy (non-hydrogen) atoms. The molecule has 0 N–H and O–H groups in total. The molecule has 0 saturated carbocycles. The van der Waals surface area contributed by atoms with E-state index in [1.165, 1.54) is 23.1 Å². The van der Waals surface area contributed by atoms with Crippen molar-refractivity contribution in [3.63, 3.8) is 0 Å². The first-order valence-electron chi connectivity index (χ1n) is 10.3. The van der Waals surface area contributed by atoms with Crippen LogP contribution in [0, 0.1) is 5.92 Å². The second-order valence-electron chi connectivity index (χ2n) is 8.05. The Morgan fingerprint density at radius 3 is 2.85 bits per heavy atom. The molecule has 2 aromatic carbocycles. The van der Waals surface area contributed by atoms with Gasteiger partial charge < -0.3 is 9.64 Å². The van der Waals surface area contributed by atoms with Crippen LogP contribution in [-0.4, -0.2) is 19.1 Å². The number of para-hydroxylation sites is 1. The molecule has 2 aliphatic rings. The SMILES string of the molecule is CCC(CC(C)CCN1C(=O)Cc2ccccc21)c1ccc2c(c1)CCO2. The van der Waals surface area contributed by atoms with Crippen molar-refractivity contribution in [3.05, 3.63) is 59.2 Å². The molecule has 142 valence electrons. The standard InChI is InChI=1S/C24H29NO2/c1-3-18(19-8-9-23-21(15-19)11-13-27-23)14-17(2)10-12-25-22-7-5-4-6-20(22)16-24(25)26/h4-9,15,17-18H,3,10-14,16H2,1-2H3. The fraction of sp³-hybridized carbons (Fsp3) is 0.458. The van der Waals surface area contributed by atoms with Crippen molar-refractivity contribution < 1.29 is 9.53 Å². The molecule has 2 unspecified atom stereocenters. The number of carbonyl (C=O) groups is 1. The van der Waals surface area contributed by atoms with E-state index in [4.69, 9.17) is 4.74 Å². The molecule has 1 amide bonds. The van der Waals surface area contributed by atoms with Crippen LogP contribution in [0.3, 0.4) is 0 Å². The van der Waals surface area contributed by atoms with Gasteiger partial charge in [0.2, 0.25) is 5.91 Å². The highest BCUT2D eigenvalue weighted by Gasteiger charge is 2.27. The molecule has 2 aliphatic heterocycles. The van der Waals surface area contributed by atoms with Crippen LogP contribution in [0.25, 0.3) is 0 Å². The molecule has 2 heterocycles. The molecule has 0 bridgehead atoms. The number of rotatable bonds is 7. The molecule has 0 fully saturated rings. The monoisotopic (exact) mass is 363 g/mol. The van der Waals surface area contributed by atoms with E-state index in [1.54, 1.807) is 0 Å². The largest absolute Gasteiger partial charge is 0.493 e. The smallest absolute Gasteiger partial charge is 0.231 e. The predicted octanol–water partition coefficient (Wildman–Crippen LogP) is 5.12. The van der Waals surface area contributed by atoms with E-state index in [0.29, 0.717) is 18.3 Å². The summed E-state index contributed by atoms with van der Waals surface area (Å²) < 4.78 is 5.64. The Morgan fingerprint density at radius 2 is 2.00 bits per heavy atom. The first-order chi connectivity index (χ1) is 13.2. The lowest BCUT2D eigenvalue weighted by atomic mass is 9.85. The van der Waals surface area contributed by atoms with Crippen molar-refractivity contribution in [1.82, 2.24) is 0 Å². The summed E-state index contributed by atoms with van der Waals surface area (Å²) in [5.41, 5.74) is 5.08. The van der Waals surface area contributed by atoms with Crippen molar-refractivity contribution in [2.75, 3.05) is 18.1 Å². The summed E-state index contributed by atoms with van der Waals surface area (Å²) in [4.78, 5) is 14.4. The van der Waals surface area contributed by atoms with Gasteiger partial charge in [-0.2, -0.15) is 0 Å². The van der Waals surface area contributed by atoms with Gasteiger partial charge in [-0.05, 0) is 59.9 Å². The summed E-state index contributed by atoms with van der Waals surface area (Å²) in [7, 11) is 0. The van der Waals surface area contributed by atoms with Crippen molar-refractivity contribution in [1.29, 1.82) is 0 Å². The van der Waals surface area contributed by atoms with Gasteiger partial charge in [-0.3, -0.25) is 4.79 Å². The molecule has 4 rings (SSSR count). The number of hydrogen-bond acceptors (Lipinski definition) is 2. The van der Waals surface area contributed by atoms with Gasteiger partial charge in [0.25, 0.3) is 0 Å². The van der Waals surface area contributed by atoms with E-state index >= 15 is 0 Å². The second kappa shape index (κ2) is 7.75. The highest BCUT2D eigenvalue weighted by molar-refractivity contribution is 6.01. The zero-order chi connectivity index (χ0) is 18.8. The van der Waals surface area contributed by atoms with Gasteiger partial charge in [0.05, 0.1) is 13.0 Å². The second-order valence-corrected chi connectivity index (χ2v) is 8.05. The lowest BCUT2D eigenvalue weighted by Gasteiger charge is -2.23. The summed E-state index contributed by atoms with van der Waals surface area (Å²) in [6.07, 6.45) is 4.95. The number of benzene rings is 2. The number of fused-ring (bicyclic) bond motifs is 2. The Hall–Kier alpha value is -2.29. The van der Waals surface area contributed by atoms with Crippen LogP contribution >= 0.6 is 0 Å². The fourth-order valence-corrected chi connectivity index (χ4v) is 4.51. The van der Waals surface area contributed by atoms with E-state index in [-0.39, 0.29) is 5.91 Å². The number of ether oxygens (including phenoxy) is 1. The van der Waals surface area contributed by atoms with Gasteiger partial charge in [-0.25, -0.2) is 0 Å². The Bertz CT molecular complexity index is 829. The fourth-order valence-electron chi connectivity index (χ4n) is 4.51. The summed E-state index contributed by atoms with van der Waals surface area (Å²) in [6.45, 7) is 6.25. The Balaban J connectivity index is 1.37. The lowest BCUT2D eigenvalue weighted by molar-refractivity contribution is -0.117. The summed E-state index contributed by atoms with van der Waals surface area (Å²) in [5, 5.41) is 0. The summed E-state index contributed by atoms with van der Waals surface area (Å²) in [6, 6.07) is 14.9. The van der Waals surface area contributed by atoms with E-state index in [2.05, 4.69) is 44.2 Å². The Morgan fingerprint density at radius 1 is 1.15 bits per heavy atom. The maximum absolute atomic E-state index is 12.4. The number of carbonyl (C=O) groups excluding carboxylic acids is 1. The minimum atomic E-state index is 0.245.